The summed E-state index contributed by atoms with van der Waals surface area (Å²) in [6.07, 6.45) is 7.15. The van der Waals surface area contributed by atoms with Crippen LogP contribution < -0.4 is 0 Å². The van der Waals surface area contributed by atoms with Gasteiger partial charge in [-0.15, -0.1) is 0 Å². The summed E-state index contributed by atoms with van der Waals surface area (Å²) >= 11 is 0. The molecule has 1 aromatic carbocycles. The highest BCUT2D eigenvalue weighted by atomic mass is 16.3. The number of oxazole rings is 1. The minimum absolute atomic E-state index is 0.244. The number of hydrogen-bond acceptors (Lipinski definition) is 3. The number of hydrogen-bond donors (Lipinski definition) is 0. The largest absolute Gasteiger partial charge is 0.440 e. The fraction of sp³-hybridized carbons (Fsp3) is 0.600. The van der Waals surface area contributed by atoms with Gasteiger partial charge in [0, 0.05) is 19.0 Å². The summed E-state index contributed by atoms with van der Waals surface area (Å²) in [5, 5.41) is 0. The maximum absolute atomic E-state index is 13.0. The number of nitrogens with zero attached hydrogens (tertiary/aromatic N) is 2. The van der Waals surface area contributed by atoms with Crippen LogP contribution in [0.2, 0.25) is 0 Å². The zero-order valence-corrected chi connectivity index (χ0v) is 14.0. The molecule has 4 nitrogen and oxygen atoms in total. The van der Waals surface area contributed by atoms with Crippen LogP contribution in [-0.4, -0.2) is 28.9 Å². The van der Waals surface area contributed by atoms with E-state index in [0.717, 1.165) is 55.3 Å². The lowest BCUT2D eigenvalue weighted by Crippen LogP contribution is -2.43. The lowest BCUT2D eigenvalue weighted by atomic mass is 9.86. The van der Waals surface area contributed by atoms with Crippen LogP contribution in [0.15, 0.2) is 28.7 Å². The van der Waals surface area contributed by atoms with Crippen molar-refractivity contribution in [3.63, 3.8) is 0 Å². The van der Waals surface area contributed by atoms with Crippen molar-refractivity contribution in [3.05, 3.63) is 30.2 Å². The molecule has 2 heterocycles. The van der Waals surface area contributed by atoms with Gasteiger partial charge >= 0.3 is 0 Å². The van der Waals surface area contributed by atoms with Crippen molar-refractivity contribution in [3.8, 4) is 0 Å². The van der Waals surface area contributed by atoms with Gasteiger partial charge in [-0.25, -0.2) is 4.98 Å². The summed E-state index contributed by atoms with van der Waals surface area (Å²) in [6.45, 7) is 1.68. The Morgan fingerprint density at radius 1 is 1.17 bits per heavy atom. The molecule has 1 saturated heterocycles. The van der Waals surface area contributed by atoms with Gasteiger partial charge in [0.15, 0.2) is 11.5 Å². The van der Waals surface area contributed by atoms with Crippen LogP contribution in [0.1, 0.15) is 50.3 Å². The molecule has 1 amide bonds. The van der Waals surface area contributed by atoms with Crippen molar-refractivity contribution in [2.75, 3.05) is 13.1 Å². The highest BCUT2D eigenvalue weighted by Gasteiger charge is 2.45. The molecule has 2 aromatic rings. The van der Waals surface area contributed by atoms with Gasteiger partial charge in [0.25, 0.3) is 0 Å². The van der Waals surface area contributed by atoms with E-state index in [4.69, 9.17) is 4.42 Å². The second kappa shape index (κ2) is 5.61. The maximum Gasteiger partial charge on any atom is 0.225 e. The van der Waals surface area contributed by atoms with E-state index in [-0.39, 0.29) is 5.92 Å². The first-order chi connectivity index (χ1) is 11.8. The molecule has 126 valence electrons. The molecule has 0 spiro atoms. The van der Waals surface area contributed by atoms with E-state index in [1.165, 1.54) is 19.3 Å². The number of carbonyl (C=O) groups is 1. The topological polar surface area (TPSA) is 46.3 Å². The molecule has 2 bridgehead atoms. The minimum atomic E-state index is 0.244. The minimum Gasteiger partial charge on any atom is -0.440 e. The second-order valence-electron chi connectivity index (χ2n) is 7.92. The molecule has 0 radical (unpaired) electrons. The molecule has 4 heteroatoms. The first-order valence-corrected chi connectivity index (χ1v) is 9.42. The van der Waals surface area contributed by atoms with E-state index in [1.54, 1.807) is 0 Å². The van der Waals surface area contributed by atoms with Crippen molar-refractivity contribution >= 4 is 17.0 Å². The van der Waals surface area contributed by atoms with Gasteiger partial charge < -0.3 is 9.32 Å². The van der Waals surface area contributed by atoms with E-state index in [0.29, 0.717) is 17.7 Å². The lowest BCUT2D eigenvalue weighted by Gasteiger charge is -2.35. The van der Waals surface area contributed by atoms with Crippen molar-refractivity contribution in [2.45, 2.75) is 44.4 Å². The molecule has 2 saturated carbocycles. The third-order valence-electron chi connectivity index (χ3n) is 6.45. The standard InChI is InChI=1S/C20H24N2O2/c23-20(16-11-13-7-8-14(16)10-13)22-9-3-4-15(12-22)19-21-17-5-1-2-6-18(17)24-19/h1-2,5-6,13-16H,3-4,7-12H2. The molecule has 2 aliphatic carbocycles. The van der Waals surface area contributed by atoms with Crippen molar-refractivity contribution in [1.29, 1.82) is 0 Å². The summed E-state index contributed by atoms with van der Waals surface area (Å²) in [7, 11) is 0. The third-order valence-corrected chi connectivity index (χ3v) is 6.45. The lowest BCUT2D eigenvalue weighted by molar-refractivity contribution is -0.138. The number of aromatic nitrogens is 1. The van der Waals surface area contributed by atoms with Crippen LogP contribution in [0, 0.1) is 17.8 Å². The van der Waals surface area contributed by atoms with E-state index in [2.05, 4.69) is 9.88 Å². The second-order valence-corrected chi connectivity index (χ2v) is 7.92. The first kappa shape index (κ1) is 14.5. The summed E-state index contributed by atoms with van der Waals surface area (Å²) < 4.78 is 5.96. The zero-order chi connectivity index (χ0) is 16.1. The fourth-order valence-corrected chi connectivity index (χ4v) is 5.23. The van der Waals surface area contributed by atoms with E-state index >= 15 is 0 Å². The average Bonchev–Trinajstić information content (AvgIpc) is 3.35. The number of benzene rings is 1. The normalized spacial score (nSPS) is 32.6. The van der Waals surface area contributed by atoms with E-state index in [9.17, 15) is 4.79 Å². The third kappa shape index (κ3) is 2.35. The molecule has 5 rings (SSSR count). The van der Waals surface area contributed by atoms with Crippen molar-refractivity contribution in [1.82, 2.24) is 9.88 Å². The molecular formula is C20H24N2O2. The summed E-state index contributed by atoms with van der Waals surface area (Å²) in [5.41, 5.74) is 1.77. The molecule has 4 unspecified atom stereocenters. The number of carbonyl (C=O) groups excluding carboxylic acids is 1. The van der Waals surface area contributed by atoms with E-state index < -0.39 is 0 Å². The molecular weight excluding hydrogens is 300 g/mol. The highest BCUT2D eigenvalue weighted by molar-refractivity contribution is 5.80. The van der Waals surface area contributed by atoms with Gasteiger partial charge in [-0.1, -0.05) is 18.6 Å². The van der Waals surface area contributed by atoms with Crippen LogP contribution in [0.5, 0.6) is 0 Å². The Labute approximate surface area is 142 Å². The number of para-hydroxylation sites is 2. The number of rotatable bonds is 2. The molecule has 0 N–H and O–H groups in total. The predicted molar refractivity (Wildman–Crippen MR) is 91.5 cm³/mol. The molecule has 3 aliphatic rings. The molecule has 1 aliphatic heterocycles. The van der Waals surface area contributed by atoms with Gasteiger partial charge in [0.2, 0.25) is 5.91 Å². The van der Waals surface area contributed by atoms with Gasteiger partial charge in [-0.2, -0.15) is 0 Å². The van der Waals surface area contributed by atoms with Crippen LogP contribution in [0.25, 0.3) is 11.1 Å². The Bertz CT molecular complexity index is 735. The fourth-order valence-electron chi connectivity index (χ4n) is 5.23. The summed E-state index contributed by atoms with van der Waals surface area (Å²) in [4.78, 5) is 19.8. The van der Waals surface area contributed by atoms with Gasteiger partial charge in [-0.05, 0) is 56.1 Å². The van der Waals surface area contributed by atoms with Crippen LogP contribution in [-0.2, 0) is 4.79 Å². The highest BCUT2D eigenvalue weighted by Crippen LogP contribution is 2.49. The number of amides is 1. The number of piperidine rings is 1. The number of fused-ring (bicyclic) bond motifs is 3. The van der Waals surface area contributed by atoms with E-state index in [1.807, 2.05) is 24.3 Å². The Morgan fingerprint density at radius 3 is 2.88 bits per heavy atom. The molecule has 3 fully saturated rings. The van der Waals surface area contributed by atoms with Gasteiger partial charge in [-0.3, -0.25) is 4.79 Å². The van der Waals surface area contributed by atoms with Gasteiger partial charge in [0.05, 0.1) is 5.92 Å². The SMILES string of the molecule is O=C(C1CC2CCC1C2)N1CCCC(c2nc3ccccc3o2)C1. The Hall–Kier alpha value is -1.84. The number of likely N-dealkylation sites (tertiary alicyclic amines) is 1. The Kier molecular flexibility index (Phi) is 3.39. The predicted octanol–water partition coefficient (Wildman–Crippen LogP) is 3.97. The zero-order valence-electron chi connectivity index (χ0n) is 14.0. The van der Waals surface area contributed by atoms with Crippen molar-refractivity contribution in [2.24, 2.45) is 17.8 Å². The average molecular weight is 324 g/mol. The van der Waals surface area contributed by atoms with Gasteiger partial charge in [0.1, 0.15) is 5.52 Å². The van der Waals surface area contributed by atoms with Crippen LogP contribution in [0.4, 0.5) is 0 Å². The monoisotopic (exact) mass is 324 g/mol. The molecule has 1 aromatic heterocycles. The summed E-state index contributed by atoms with van der Waals surface area (Å²) in [6, 6.07) is 7.92. The quantitative estimate of drug-likeness (QED) is 0.839. The molecule has 24 heavy (non-hydrogen) atoms. The summed E-state index contributed by atoms with van der Waals surface area (Å²) in [5.74, 6) is 3.23. The van der Waals surface area contributed by atoms with Crippen LogP contribution in [0.3, 0.4) is 0 Å². The Balaban J connectivity index is 1.33. The Morgan fingerprint density at radius 2 is 2.08 bits per heavy atom. The maximum atomic E-state index is 13.0. The smallest absolute Gasteiger partial charge is 0.225 e. The first-order valence-electron chi connectivity index (χ1n) is 9.42. The molecule has 4 atom stereocenters. The van der Waals surface area contributed by atoms with Crippen LogP contribution >= 0.6 is 0 Å². The van der Waals surface area contributed by atoms with Crippen molar-refractivity contribution < 1.29 is 9.21 Å².